The van der Waals surface area contributed by atoms with Crippen LogP contribution in [0.5, 0.6) is 0 Å². The number of unbranched alkanes of at least 4 members (excludes halogenated alkanes) is 11. The highest BCUT2D eigenvalue weighted by atomic mass is 32.2. The number of rotatable bonds is 24. The fraction of sp³-hybridized carbons (Fsp3) is 0.808. The molecule has 37 heavy (non-hydrogen) atoms. The van der Waals surface area contributed by atoms with Crippen molar-refractivity contribution >= 4 is 37.0 Å². The first-order valence-corrected chi connectivity index (χ1v) is 16.2. The number of imidazole rings is 1. The van der Waals surface area contributed by atoms with Crippen LogP contribution in [0.15, 0.2) is 12.7 Å². The number of hydrogen-bond donors (Lipinski definition) is 1. The molecule has 0 radical (unpaired) electrons. The molecule has 0 fully saturated rings. The molecule has 0 bridgehead atoms. The summed E-state index contributed by atoms with van der Waals surface area (Å²) in [5.41, 5.74) is 7.02. The molecular formula is C26H47N5O4PS+. The highest BCUT2D eigenvalue weighted by Crippen LogP contribution is 2.24. The van der Waals surface area contributed by atoms with Crippen LogP contribution in [0.25, 0.3) is 11.2 Å². The lowest BCUT2D eigenvalue weighted by Gasteiger charge is -2.11. The zero-order chi connectivity index (χ0) is 26.6. The van der Waals surface area contributed by atoms with Crippen molar-refractivity contribution in [2.24, 2.45) is 0 Å². The van der Waals surface area contributed by atoms with E-state index < -0.39 is 8.25 Å². The molecule has 9 nitrogen and oxygen atoms in total. The van der Waals surface area contributed by atoms with Crippen molar-refractivity contribution in [3.05, 3.63) is 12.7 Å². The third-order valence-electron chi connectivity index (χ3n) is 6.17. The Morgan fingerprint density at radius 3 is 2.27 bits per heavy atom. The van der Waals surface area contributed by atoms with E-state index in [0.717, 1.165) is 12.2 Å². The smallest absolute Gasteiger partial charge is 0.382 e. The zero-order valence-corrected chi connectivity index (χ0v) is 24.5. The van der Waals surface area contributed by atoms with E-state index in [9.17, 15) is 4.57 Å². The molecule has 210 valence electrons. The second kappa shape index (κ2) is 20.6. The first-order valence-electron chi connectivity index (χ1n) is 14.0. The van der Waals surface area contributed by atoms with Crippen molar-refractivity contribution < 1.29 is 18.3 Å². The van der Waals surface area contributed by atoms with Crippen molar-refractivity contribution in [2.75, 3.05) is 30.6 Å². The zero-order valence-electron chi connectivity index (χ0n) is 22.8. The lowest BCUT2D eigenvalue weighted by atomic mass is 10.1. The van der Waals surface area contributed by atoms with E-state index in [1.54, 1.807) is 6.33 Å². The van der Waals surface area contributed by atoms with Crippen LogP contribution < -0.4 is 5.73 Å². The lowest BCUT2D eigenvalue weighted by molar-refractivity contribution is -0.0367. The molecular weight excluding hydrogens is 509 g/mol. The minimum absolute atomic E-state index is 0.103. The molecule has 0 aliphatic rings. The molecule has 0 aromatic carbocycles. The number of nitrogen functional groups attached to an aromatic ring is 1. The number of nitrogens with two attached hydrogens (primary N) is 1. The predicted molar refractivity (Wildman–Crippen MR) is 153 cm³/mol. The lowest BCUT2D eigenvalue weighted by Crippen LogP contribution is -2.17. The third kappa shape index (κ3) is 14.4. The van der Waals surface area contributed by atoms with Gasteiger partial charge >= 0.3 is 8.25 Å². The average molecular weight is 557 g/mol. The van der Waals surface area contributed by atoms with Gasteiger partial charge < -0.3 is 15.0 Å². The van der Waals surface area contributed by atoms with Crippen molar-refractivity contribution in [2.45, 2.75) is 110 Å². The maximum absolute atomic E-state index is 11.9. The topological polar surface area (TPSA) is 114 Å². The van der Waals surface area contributed by atoms with Crippen LogP contribution in [0, 0.1) is 0 Å². The fourth-order valence-electron chi connectivity index (χ4n) is 4.04. The SMILES string of the molecule is CCCCCCCCCCCCCCSCCCO[P+](=O)OCO[C@H](C)Cn1cnc2c(N)ncnc21. The minimum Gasteiger partial charge on any atom is -0.382 e. The van der Waals surface area contributed by atoms with E-state index in [1.165, 1.54) is 89.1 Å². The van der Waals surface area contributed by atoms with Crippen LogP contribution >= 0.6 is 20.0 Å². The Morgan fingerprint density at radius 2 is 1.57 bits per heavy atom. The number of nitrogens with zero attached hydrogens (tertiary/aromatic N) is 4. The summed E-state index contributed by atoms with van der Waals surface area (Å²) >= 11 is 1.95. The highest BCUT2D eigenvalue weighted by molar-refractivity contribution is 7.99. The molecule has 0 saturated heterocycles. The number of fused-ring (bicyclic) bond motifs is 1. The Kier molecular flexibility index (Phi) is 17.8. The van der Waals surface area contributed by atoms with Crippen molar-refractivity contribution in [1.82, 2.24) is 19.5 Å². The van der Waals surface area contributed by atoms with E-state index in [1.807, 2.05) is 23.3 Å². The van der Waals surface area contributed by atoms with Crippen LogP contribution in [0.1, 0.15) is 97.3 Å². The third-order valence-corrected chi connectivity index (χ3v) is 8.03. The van der Waals surface area contributed by atoms with Gasteiger partial charge in [0, 0.05) is 4.57 Å². The van der Waals surface area contributed by atoms with Gasteiger partial charge in [0.25, 0.3) is 0 Å². The second-order valence-electron chi connectivity index (χ2n) is 9.46. The highest BCUT2D eigenvalue weighted by Gasteiger charge is 2.21. The van der Waals surface area contributed by atoms with Gasteiger partial charge in [0.2, 0.25) is 6.79 Å². The molecule has 2 heterocycles. The van der Waals surface area contributed by atoms with Crippen LogP contribution in [-0.2, 0) is 24.9 Å². The van der Waals surface area contributed by atoms with Crippen LogP contribution in [0.3, 0.4) is 0 Å². The maximum Gasteiger partial charge on any atom is 0.699 e. The van der Waals surface area contributed by atoms with Crippen molar-refractivity contribution in [3.8, 4) is 0 Å². The Labute approximate surface area is 228 Å². The Hall–Kier alpha value is -1.32. The molecule has 2 N–H and O–H groups in total. The molecule has 0 aliphatic heterocycles. The average Bonchev–Trinajstić information content (AvgIpc) is 3.29. The van der Waals surface area contributed by atoms with Gasteiger partial charge in [-0.2, -0.15) is 11.8 Å². The Balaban J connectivity index is 1.35. The molecule has 0 aliphatic carbocycles. The van der Waals surface area contributed by atoms with Gasteiger partial charge in [0.05, 0.1) is 19.0 Å². The maximum atomic E-state index is 11.9. The van der Waals surface area contributed by atoms with Crippen LogP contribution in [0.4, 0.5) is 5.82 Å². The number of aromatic nitrogens is 4. The summed E-state index contributed by atoms with van der Waals surface area (Å²) in [5, 5.41) is 0. The molecule has 2 aromatic heterocycles. The van der Waals surface area contributed by atoms with Crippen LogP contribution in [0.2, 0.25) is 0 Å². The van der Waals surface area contributed by atoms with Gasteiger partial charge in [-0.15, -0.1) is 4.52 Å². The van der Waals surface area contributed by atoms with Gasteiger partial charge in [-0.1, -0.05) is 82.1 Å². The Bertz CT molecular complexity index is 873. The monoisotopic (exact) mass is 556 g/mol. The first-order chi connectivity index (χ1) is 18.1. The summed E-state index contributed by atoms with van der Waals surface area (Å²) < 4.78 is 29.7. The molecule has 1 unspecified atom stereocenters. The second-order valence-corrected chi connectivity index (χ2v) is 11.7. The first kappa shape index (κ1) is 31.9. The van der Waals surface area contributed by atoms with Crippen molar-refractivity contribution in [3.63, 3.8) is 0 Å². The van der Waals surface area contributed by atoms with Gasteiger partial charge in [-0.3, -0.25) is 0 Å². The molecule has 2 rings (SSSR count). The summed E-state index contributed by atoms with van der Waals surface area (Å²) in [6, 6.07) is 0. The number of thioether (sulfide) groups is 1. The molecule has 0 spiro atoms. The van der Waals surface area contributed by atoms with E-state index in [2.05, 4.69) is 21.9 Å². The number of anilines is 1. The summed E-state index contributed by atoms with van der Waals surface area (Å²) in [6.45, 7) is 4.99. The van der Waals surface area contributed by atoms with Crippen LogP contribution in [-0.4, -0.2) is 50.5 Å². The summed E-state index contributed by atoms with van der Waals surface area (Å²) in [4.78, 5) is 12.4. The molecule has 0 saturated carbocycles. The quantitative estimate of drug-likeness (QED) is 0.0808. The fourth-order valence-corrected chi connectivity index (χ4v) is 5.47. The van der Waals surface area contributed by atoms with Gasteiger partial charge in [-0.25, -0.2) is 15.0 Å². The van der Waals surface area contributed by atoms with Crippen molar-refractivity contribution in [1.29, 1.82) is 0 Å². The summed E-state index contributed by atoms with van der Waals surface area (Å²) in [7, 11) is -2.18. The number of ether oxygens (including phenoxy) is 1. The standard InChI is InChI=1S/C26H47N5O4PS/c1-3-4-5-6-7-8-9-10-11-12-13-14-17-37-18-15-16-34-36(32)35-22-33-23(2)19-31-21-30-24-25(27)28-20-29-26(24)31/h20-21,23H,3-19,22H2,1-2H3,(H2,27,28,29)/q+1/t23-/m1/s1. The summed E-state index contributed by atoms with van der Waals surface area (Å²) in [5.74, 6) is 2.55. The van der Waals surface area contributed by atoms with Gasteiger partial charge in [0.1, 0.15) is 18.5 Å². The molecule has 11 heteroatoms. The van der Waals surface area contributed by atoms with E-state index in [4.69, 9.17) is 19.5 Å². The largest absolute Gasteiger partial charge is 0.699 e. The van der Waals surface area contributed by atoms with E-state index in [-0.39, 0.29) is 12.9 Å². The predicted octanol–water partition coefficient (Wildman–Crippen LogP) is 7.29. The summed E-state index contributed by atoms with van der Waals surface area (Å²) in [6.07, 6.45) is 20.3. The van der Waals surface area contributed by atoms with E-state index >= 15 is 0 Å². The minimum atomic E-state index is -2.18. The molecule has 2 aromatic rings. The molecule has 0 amide bonds. The molecule has 2 atom stereocenters. The van der Waals surface area contributed by atoms with Gasteiger partial charge in [0.15, 0.2) is 11.5 Å². The normalized spacial score (nSPS) is 12.9. The number of hydrogen-bond acceptors (Lipinski definition) is 9. The van der Waals surface area contributed by atoms with E-state index in [0.29, 0.717) is 30.1 Å². The van der Waals surface area contributed by atoms with Gasteiger partial charge in [-0.05, 0) is 31.3 Å². The Morgan fingerprint density at radius 1 is 0.919 bits per heavy atom.